The summed E-state index contributed by atoms with van der Waals surface area (Å²) in [6.45, 7) is 3.80. The van der Waals surface area contributed by atoms with Crippen molar-refractivity contribution >= 4 is 34.4 Å². The van der Waals surface area contributed by atoms with Gasteiger partial charge in [-0.15, -0.1) is 0 Å². The van der Waals surface area contributed by atoms with Crippen LogP contribution in [-0.4, -0.2) is 44.3 Å². The maximum atomic E-state index is 13.5. The van der Waals surface area contributed by atoms with E-state index in [9.17, 15) is 14.4 Å². The van der Waals surface area contributed by atoms with E-state index >= 15 is 0 Å². The van der Waals surface area contributed by atoms with Gasteiger partial charge in [-0.1, -0.05) is 18.2 Å². The van der Waals surface area contributed by atoms with Crippen LogP contribution in [0, 0.1) is 6.92 Å². The summed E-state index contributed by atoms with van der Waals surface area (Å²) in [5.74, 6) is -1.24. The van der Waals surface area contributed by atoms with Crippen molar-refractivity contribution in [3.63, 3.8) is 0 Å². The third-order valence-electron chi connectivity index (χ3n) is 6.90. The molecule has 0 saturated carbocycles. The average Bonchev–Trinajstić information content (AvgIpc) is 3.45. The van der Waals surface area contributed by atoms with Crippen LogP contribution in [0.1, 0.15) is 58.5 Å². The van der Waals surface area contributed by atoms with Crippen LogP contribution in [0.15, 0.2) is 54.9 Å². The number of hydrogen-bond donors (Lipinski definition) is 3. The van der Waals surface area contributed by atoms with E-state index in [1.165, 1.54) is 0 Å². The van der Waals surface area contributed by atoms with E-state index in [2.05, 4.69) is 15.7 Å². The Kier molecular flexibility index (Phi) is 7.95. The van der Waals surface area contributed by atoms with Crippen molar-refractivity contribution in [2.75, 3.05) is 12.4 Å². The zero-order valence-electron chi connectivity index (χ0n) is 22.1. The highest BCUT2D eigenvalue weighted by atomic mass is 16.4. The lowest BCUT2D eigenvalue weighted by molar-refractivity contribution is -0.137. The minimum absolute atomic E-state index is 0.0584. The maximum absolute atomic E-state index is 13.5. The molecule has 1 atom stereocenters. The predicted octanol–water partition coefficient (Wildman–Crippen LogP) is 4.24. The molecule has 0 fully saturated rings. The van der Waals surface area contributed by atoms with Gasteiger partial charge < -0.3 is 20.3 Å². The van der Waals surface area contributed by atoms with Crippen LogP contribution in [0.4, 0.5) is 5.69 Å². The molecule has 0 saturated heterocycles. The summed E-state index contributed by atoms with van der Waals surface area (Å²) in [4.78, 5) is 36.8. The molecule has 0 radical (unpaired) electrons. The number of nitrogens with zero attached hydrogens (tertiary/aromatic N) is 3. The Morgan fingerprint density at radius 2 is 1.89 bits per heavy atom. The average molecular weight is 516 g/mol. The monoisotopic (exact) mass is 515 g/mol. The number of anilines is 1. The summed E-state index contributed by atoms with van der Waals surface area (Å²) in [6, 6.07) is 12.8. The lowest BCUT2D eigenvalue weighted by Gasteiger charge is -2.18. The summed E-state index contributed by atoms with van der Waals surface area (Å²) in [5, 5.41) is 20.0. The molecule has 0 aliphatic heterocycles. The minimum atomic E-state index is -0.844. The third-order valence-corrected chi connectivity index (χ3v) is 6.90. The number of benzene rings is 2. The Morgan fingerprint density at radius 1 is 1.11 bits per heavy atom. The van der Waals surface area contributed by atoms with E-state index in [0.29, 0.717) is 30.5 Å². The van der Waals surface area contributed by atoms with Gasteiger partial charge in [-0.25, -0.2) is 0 Å². The molecule has 2 aromatic carbocycles. The van der Waals surface area contributed by atoms with Gasteiger partial charge in [0.2, 0.25) is 5.91 Å². The second kappa shape index (κ2) is 11.3. The molecule has 38 heavy (non-hydrogen) atoms. The number of carboxylic acid groups (broad SMARTS) is 1. The second-order valence-corrected chi connectivity index (χ2v) is 9.56. The topological polar surface area (TPSA) is 118 Å². The van der Waals surface area contributed by atoms with Gasteiger partial charge in [-0.05, 0) is 67.6 Å². The number of carbonyl (C=O) groups excluding carboxylic acids is 2. The normalized spacial score (nSPS) is 11.9. The molecule has 0 bridgehead atoms. The van der Waals surface area contributed by atoms with E-state index in [1.807, 2.05) is 66.7 Å². The Morgan fingerprint density at radius 3 is 2.58 bits per heavy atom. The van der Waals surface area contributed by atoms with Crippen molar-refractivity contribution in [3.05, 3.63) is 82.8 Å². The van der Waals surface area contributed by atoms with E-state index in [-0.39, 0.29) is 18.2 Å². The Bertz CT molecular complexity index is 1500. The summed E-state index contributed by atoms with van der Waals surface area (Å²) < 4.78 is 3.70. The number of aryl methyl sites for hydroxylation is 3. The number of carbonyl (C=O) groups is 3. The van der Waals surface area contributed by atoms with Gasteiger partial charge in [0.1, 0.15) is 6.04 Å². The fraction of sp³-hybridized carbons (Fsp3) is 0.310. The molecule has 2 amide bonds. The zero-order chi connectivity index (χ0) is 27.4. The van der Waals surface area contributed by atoms with Crippen LogP contribution in [0.3, 0.4) is 0 Å². The highest BCUT2D eigenvalue weighted by molar-refractivity contribution is 6.00. The van der Waals surface area contributed by atoms with E-state index < -0.39 is 12.0 Å². The quantitative estimate of drug-likeness (QED) is 0.292. The molecule has 2 aromatic heterocycles. The smallest absolute Gasteiger partial charge is 0.303 e. The van der Waals surface area contributed by atoms with Crippen LogP contribution < -0.4 is 10.6 Å². The molecule has 198 valence electrons. The first-order valence-corrected chi connectivity index (χ1v) is 12.6. The van der Waals surface area contributed by atoms with Crippen molar-refractivity contribution in [2.45, 2.75) is 45.6 Å². The van der Waals surface area contributed by atoms with Gasteiger partial charge in [-0.3, -0.25) is 19.1 Å². The van der Waals surface area contributed by atoms with E-state index in [4.69, 9.17) is 5.11 Å². The largest absolute Gasteiger partial charge is 0.481 e. The highest BCUT2D eigenvalue weighted by Crippen LogP contribution is 2.28. The molecular weight excluding hydrogens is 482 g/mol. The van der Waals surface area contributed by atoms with Gasteiger partial charge in [0, 0.05) is 67.2 Å². The van der Waals surface area contributed by atoms with Crippen molar-refractivity contribution in [1.82, 2.24) is 19.7 Å². The Balaban J connectivity index is 1.63. The van der Waals surface area contributed by atoms with Gasteiger partial charge in [0.15, 0.2) is 0 Å². The maximum Gasteiger partial charge on any atom is 0.303 e. The zero-order valence-corrected chi connectivity index (χ0v) is 22.1. The second-order valence-electron chi connectivity index (χ2n) is 9.56. The van der Waals surface area contributed by atoms with Crippen molar-refractivity contribution in [3.8, 4) is 0 Å². The number of hydrogen-bond acceptors (Lipinski definition) is 4. The van der Waals surface area contributed by atoms with Crippen LogP contribution in [0.5, 0.6) is 0 Å². The van der Waals surface area contributed by atoms with Crippen molar-refractivity contribution < 1.29 is 19.5 Å². The molecule has 4 rings (SSSR count). The van der Waals surface area contributed by atoms with Crippen LogP contribution in [-0.2, 0) is 29.5 Å². The standard InChI is InChI=1S/C29H33N5O4/c1-18-17-34(26-16-22(29(38)30-3)10-11-24(18)26)19(2)28(37)32-25-15-20(14-23-12-13-31-33(23)4)8-9-21(25)6-5-7-27(35)36/h8-13,15-17,19H,5-7,14H2,1-4H3,(H,30,38)(H,32,37)(H,35,36). The molecule has 2 heterocycles. The van der Waals surface area contributed by atoms with Gasteiger partial charge >= 0.3 is 5.97 Å². The molecule has 4 aromatic rings. The number of carboxylic acids is 1. The molecule has 1 unspecified atom stereocenters. The first kappa shape index (κ1) is 26.7. The van der Waals surface area contributed by atoms with Crippen LogP contribution >= 0.6 is 0 Å². The summed E-state index contributed by atoms with van der Waals surface area (Å²) in [6.07, 6.45) is 5.38. The molecular formula is C29H33N5O4. The van der Waals surface area contributed by atoms with Crippen molar-refractivity contribution in [1.29, 1.82) is 0 Å². The first-order chi connectivity index (χ1) is 18.2. The summed E-state index contributed by atoms with van der Waals surface area (Å²) in [7, 11) is 3.47. The number of amides is 2. The molecule has 0 aliphatic rings. The summed E-state index contributed by atoms with van der Waals surface area (Å²) in [5.41, 5.74) is 5.94. The van der Waals surface area contributed by atoms with E-state index in [0.717, 1.165) is 33.3 Å². The van der Waals surface area contributed by atoms with Gasteiger partial charge in [0.05, 0.1) is 0 Å². The van der Waals surface area contributed by atoms with Gasteiger partial charge in [-0.2, -0.15) is 5.10 Å². The fourth-order valence-electron chi connectivity index (χ4n) is 4.68. The highest BCUT2D eigenvalue weighted by Gasteiger charge is 2.20. The Hall–Kier alpha value is -4.40. The number of fused-ring (bicyclic) bond motifs is 1. The van der Waals surface area contributed by atoms with Crippen LogP contribution in [0.25, 0.3) is 10.9 Å². The molecule has 9 nitrogen and oxygen atoms in total. The third kappa shape index (κ3) is 5.77. The number of aromatic nitrogens is 3. The minimum Gasteiger partial charge on any atom is -0.481 e. The molecule has 0 spiro atoms. The summed E-state index contributed by atoms with van der Waals surface area (Å²) >= 11 is 0. The fourth-order valence-corrected chi connectivity index (χ4v) is 4.68. The molecule has 9 heteroatoms. The lowest BCUT2D eigenvalue weighted by atomic mass is 10.0. The molecule has 0 aliphatic carbocycles. The predicted molar refractivity (Wildman–Crippen MR) is 146 cm³/mol. The Labute approximate surface area is 221 Å². The SMILES string of the molecule is CNC(=O)c1ccc2c(C)cn(C(C)C(=O)Nc3cc(Cc4ccnn4C)ccc3CCCC(=O)O)c2c1. The van der Waals surface area contributed by atoms with Gasteiger partial charge in [0.25, 0.3) is 5.91 Å². The lowest BCUT2D eigenvalue weighted by Crippen LogP contribution is -2.24. The number of rotatable bonds is 10. The number of nitrogens with one attached hydrogen (secondary N) is 2. The molecule has 3 N–H and O–H groups in total. The van der Waals surface area contributed by atoms with E-state index in [1.54, 1.807) is 25.4 Å². The van der Waals surface area contributed by atoms with Crippen LogP contribution in [0.2, 0.25) is 0 Å². The first-order valence-electron chi connectivity index (χ1n) is 12.6. The van der Waals surface area contributed by atoms with Crippen molar-refractivity contribution in [2.24, 2.45) is 7.05 Å². The number of aliphatic carboxylic acids is 1.